The van der Waals surface area contributed by atoms with E-state index in [1.807, 2.05) is 26.0 Å². The number of fused-ring (bicyclic) bond motifs is 1. The van der Waals surface area contributed by atoms with Crippen LogP contribution in [0.15, 0.2) is 24.4 Å². The lowest BCUT2D eigenvalue weighted by Crippen LogP contribution is -2.40. The molecule has 7 heteroatoms. The van der Waals surface area contributed by atoms with Crippen LogP contribution in [0.25, 0.3) is 10.9 Å². The number of amides is 2. The van der Waals surface area contributed by atoms with Crippen LogP contribution in [0.1, 0.15) is 37.0 Å². The summed E-state index contributed by atoms with van der Waals surface area (Å²) in [5.74, 6) is -0.405. The molecule has 0 radical (unpaired) electrons. The lowest BCUT2D eigenvalue weighted by atomic mass is 9.94. The molecule has 0 saturated carbocycles. The van der Waals surface area contributed by atoms with E-state index < -0.39 is 0 Å². The summed E-state index contributed by atoms with van der Waals surface area (Å²) in [6.45, 7) is 6.52. The monoisotopic (exact) mass is 388 g/mol. The summed E-state index contributed by atoms with van der Waals surface area (Å²) in [6, 6.07) is 5.52. The van der Waals surface area contributed by atoms with Gasteiger partial charge in [-0.05, 0) is 44.9 Å². The Morgan fingerprint density at radius 1 is 1.26 bits per heavy atom. The molecule has 0 atom stereocenters. The fourth-order valence-corrected chi connectivity index (χ4v) is 3.89. The molecule has 1 aromatic carbocycles. The molecule has 2 N–H and O–H groups in total. The maximum absolute atomic E-state index is 13.1. The van der Waals surface area contributed by atoms with Gasteiger partial charge >= 0.3 is 0 Å². The van der Waals surface area contributed by atoms with E-state index in [0.29, 0.717) is 49.6 Å². The van der Waals surface area contributed by atoms with Gasteiger partial charge < -0.3 is 15.5 Å². The highest BCUT2D eigenvalue weighted by molar-refractivity contribution is 6.31. The molecule has 1 aliphatic rings. The van der Waals surface area contributed by atoms with Crippen LogP contribution in [0.5, 0.6) is 0 Å². The predicted octanol–water partition coefficient (Wildman–Crippen LogP) is 3.07. The van der Waals surface area contributed by atoms with Crippen LogP contribution in [-0.2, 0) is 4.79 Å². The SMILES string of the molecule is CCN(CC)C(=O)c1cnc2ccc(Cl)cc2c1N1CCC(C(N)=O)CC1. The molecule has 2 heterocycles. The highest BCUT2D eigenvalue weighted by Gasteiger charge is 2.28. The van der Waals surface area contributed by atoms with E-state index in [2.05, 4.69) is 9.88 Å². The first-order chi connectivity index (χ1) is 13.0. The van der Waals surface area contributed by atoms with Crippen molar-refractivity contribution >= 4 is 40.0 Å². The van der Waals surface area contributed by atoms with Crippen molar-refractivity contribution in [2.75, 3.05) is 31.1 Å². The van der Waals surface area contributed by atoms with Crippen LogP contribution in [0, 0.1) is 5.92 Å². The molecule has 1 saturated heterocycles. The number of piperidine rings is 1. The van der Waals surface area contributed by atoms with Gasteiger partial charge in [0.25, 0.3) is 5.91 Å². The number of benzene rings is 1. The Hall–Kier alpha value is -2.34. The maximum Gasteiger partial charge on any atom is 0.257 e. The third kappa shape index (κ3) is 3.86. The highest BCUT2D eigenvalue weighted by atomic mass is 35.5. The van der Waals surface area contributed by atoms with E-state index >= 15 is 0 Å². The van der Waals surface area contributed by atoms with Crippen molar-refractivity contribution in [1.29, 1.82) is 0 Å². The van der Waals surface area contributed by atoms with Crippen molar-refractivity contribution in [2.45, 2.75) is 26.7 Å². The van der Waals surface area contributed by atoms with Gasteiger partial charge in [-0.2, -0.15) is 0 Å². The topological polar surface area (TPSA) is 79.5 Å². The normalized spacial score (nSPS) is 15.1. The van der Waals surface area contributed by atoms with Crippen molar-refractivity contribution in [3.8, 4) is 0 Å². The molecule has 2 amide bonds. The number of hydrogen-bond donors (Lipinski definition) is 1. The Labute approximate surface area is 164 Å². The van der Waals surface area contributed by atoms with Crippen LogP contribution in [-0.4, -0.2) is 47.9 Å². The summed E-state index contributed by atoms with van der Waals surface area (Å²) in [4.78, 5) is 33.1. The number of halogens is 1. The molecular weight excluding hydrogens is 364 g/mol. The third-order valence-electron chi connectivity index (χ3n) is 5.30. The Balaban J connectivity index is 2.09. The number of hydrogen-bond acceptors (Lipinski definition) is 4. The van der Waals surface area contributed by atoms with Crippen molar-refractivity contribution in [1.82, 2.24) is 9.88 Å². The number of pyridine rings is 1. The molecule has 1 aromatic heterocycles. The molecule has 0 aliphatic carbocycles. The van der Waals surface area contributed by atoms with Crippen molar-refractivity contribution in [3.63, 3.8) is 0 Å². The third-order valence-corrected chi connectivity index (χ3v) is 5.53. The first-order valence-corrected chi connectivity index (χ1v) is 9.75. The van der Waals surface area contributed by atoms with E-state index in [9.17, 15) is 9.59 Å². The zero-order valence-corrected chi connectivity index (χ0v) is 16.5. The first-order valence-electron chi connectivity index (χ1n) is 9.38. The Morgan fingerprint density at radius 3 is 2.52 bits per heavy atom. The van der Waals surface area contributed by atoms with Crippen molar-refractivity contribution in [2.24, 2.45) is 11.7 Å². The molecule has 0 unspecified atom stereocenters. The van der Waals surface area contributed by atoms with Crippen LogP contribution in [0.4, 0.5) is 5.69 Å². The lowest BCUT2D eigenvalue weighted by molar-refractivity contribution is -0.122. The number of aromatic nitrogens is 1. The van der Waals surface area contributed by atoms with E-state index in [1.165, 1.54) is 0 Å². The summed E-state index contributed by atoms with van der Waals surface area (Å²) in [5, 5.41) is 1.46. The minimum Gasteiger partial charge on any atom is -0.370 e. The van der Waals surface area contributed by atoms with Crippen molar-refractivity contribution < 1.29 is 9.59 Å². The number of anilines is 1. The molecule has 144 valence electrons. The second-order valence-electron chi connectivity index (χ2n) is 6.82. The van der Waals surface area contributed by atoms with Gasteiger partial charge in [-0.25, -0.2) is 0 Å². The maximum atomic E-state index is 13.1. The molecule has 0 spiro atoms. The number of carbonyl (C=O) groups excluding carboxylic acids is 2. The standard InChI is InChI=1S/C20H25ClN4O2/c1-3-24(4-2)20(27)16-12-23-17-6-5-14(21)11-15(17)18(16)25-9-7-13(8-10-25)19(22)26/h5-6,11-13H,3-4,7-10H2,1-2H3,(H2,22,26). The summed E-state index contributed by atoms with van der Waals surface area (Å²) in [5.41, 5.74) is 7.69. The number of primary amides is 1. The smallest absolute Gasteiger partial charge is 0.257 e. The van der Waals surface area contributed by atoms with Crippen LogP contribution < -0.4 is 10.6 Å². The molecule has 2 aromatic rings. The van der Waals surface area contributed by atoms with Crippen LogP contribution >= 0.6 is 11.6 Å². The second-order valence-corrected chi connectivity index (χ2v) is 7.26. The van der Waals surface area contributed by atoms with Gasteiger partial charge in [-0.15, -0.1) is 0 Å². The number of nitrogens with two attached hydrogens (primary N) is 1. The molecule has 1 aliphatic heterocycles. The second kappa shape index (κ2) is 8.13. The first kappa shape index (κ1) is 19.4. The molecule has 0 bridgehead atoms. The fraction of sp³-hybridized carbons (Fsp3) is 0.450. The zero-order chi connectivity index (χ0) is 19.6. The van der Waals surface area contributed by atoms with Crippen LogP contribution in [0.3, 0.4) is 0 Å². The van der Waals surface area contributed by atoms with Crippen molar-refractivity contribution in [3.05, 3.63) is 35.0 Å². The van der Waals surface area contributed by atoms with Gasteiger partial charge in [0.1, 0.15) is 0 Å². The van der Waals surface area contributed by atoms with Gasteiger partial charge in [-0.1, -0.05) is 11.6 Å². The fourth-order valence-electron chi connectivity index (χ4n) is 3.72. The minimum absolute atomic E-state index is 0.0404. The summed E-state index contributed by atoms with van der Waals surface area (Å²) in [6.07, 6.45) is 3.02. The van der Waals surface area contributed by atoms with Crippen LogP contribution in [0.2, 0.25) is 5.02 Å². The largest absolute Gasteiger partial charge is 0.370 e. The molecule has 27 heavy (non-hydrogen) atoms. The van der Waals surface area contributed by atoms with Gasteiger partial charge in [0, 0.05) is 48.7 Å². The van der Waals surface area contributed by atoms with E-state index in [1.54, 1.807) is 17.2 Å². The molecule has 6 nitrogen and oxygen atoms in total. The molecule has 1 fully saturated rings. The molecule has 3 rings (SSSR count). The number of carbonyl (C=O) groups is 2. The number of rotatable bonds is 5. The molecular formula is C20H25ClN4O2. The predicted molar refractivity (Wildman–Crippen MR) is 108 cm³/mol. The minimum atomic E-state index is -0.253. The number of nitrogens with zero attached hydrogens (tertiary/aromatic N) is 3. The van der Waals surface area contributed by atoms with E-state index in [0.717, 1.165) is 16.6 Å². The lowest BCUT2D eigenvalue weighted by Gasteiger charge is -2.34. The summed E-state index contributed by atoms with van der Waals surface area (Å²) >= 11 is 6.24. The van der Waals surface area contributed by atoms with Gasteiger partial charge in [0.05, 0.1) is 16.8 Å². The summed E-state index contributed by atoms with van der Waals surface area (Å²) < 4.78 is 0. The van der Waals surface area contributed by atoms with E-state index in [4.69, 9.17) is 17.3 Å². The summed E-state index contributed by atoms with van der Waals surface area (Å²) in [7, 11) is 0. The zero-order valence-electron chi connectivity index (χ0n) is 15.7. The Morgan fingerprint density at radius 2 is 1.93 bits per heavy atom. The Bertz CT molecular complexity index is 858. The van der Waals surface area contributed by atoms with Gasteiger partial charge in [0.2, 0.25) is 5.91 Å². The quantitative estimate of drug-likeness (QED) is 0.853. The Kier molecular flexibility index (Phi) is 5.85. The van der Waals surface area contributed by atoms with Gasteiger partial charge in [-0.3, -0.25) is 14.6 Å². The average molecular weight is 389 g/mol. The van der Waals surface area contributed by atoms with E-state index in [-0.39, 0.29) is 17.7 Å². The van der Waals surface area contributed by atoms with Gasteiger partial charge in [0.15, 0.2) is 0 Å². The average Bonchev–Trinajstić information content (AvgIpc) is 2.67. The highest BCUT2D eigenvalue weighted by Crippen LogP contribution is 2.34.